The molecule has 2 aromatic carbocycles. The molecule has 1 aliphatic carbocycles. The molecule has 0 fully saturated rings. The summed E-state index contributed by atoms with van der Waals surface area (Å²) < 4.78 is 0. The van der Waals surface area contributed by atoms with Gasteiger partial charge >= 0.3 is 0 Å². The second-order valence-corrected chi connectivity index (χ2v) is 6.60. The first-order valence-electron chi connectivity index (χ1n) is 8.89. The van der Waals surface area contributed by atoms with Crippen LogP contribution < -0.4 is 10.6 Å². The molecule has 0 unspecified atom stereocenters. The van der Waals surface area contributed by atoms with Crippen LogP contribution in [0, 0.1) is 0 Å². The van der Waals surface area contributed by atoms with Gasteiger partial charge in [-0.15, -0.1) is 0 Å². The number of para-hydroxylation sites is 1. The molecule has 3 aromatic rings. The van der Waals surface area contributed by atoms with Crippen LogP contribution in [0.25, 0.3) is 0 Å². The van der Waals surface area contributed by atoms with E-state index in [-0.39, 0.29) is 11.9 Å². The summed E-state index contributed by atoms with van der Waals surface area (Å²) in [6, 6.07) is 20.1. The number of rotatable bonds is 5. The highest BCUT2D eigenvalue weighted by Crippen LogP contribution is 2.23. The number of aromatic nitrogens is 1. The van der Waals surface area contributed by atoms with E-state index in [1.54, 1.807) is 12.4 Å². The van der Waals surface area contributed by atoms with Crippen LogP contribution in [0.2, 0.25) is 0 Å². The van der Waals surface area contributed by atoms with Crippen LogP contribution in [0.3, 0.4) is 0 Å². The number of hydrogen-bond acceptors (Lipinski definition) is 3. The number of carbonyl (C=O) groups is 1. The molecule has 130 valence electrons. The van der Waals surface area contributed by atoms with Crippen molar-refractivity contribution in [2.24, 2.45) is 0 Å². The van der Waals surface area contributed by atoms with Crippen molar-refractivity contribution >= 4 is 11.6 Å². The zero-order valence-electron chi connectivity index (χ0n) is 14.5. The molecule has 26 heavy (non-hydrogen) atoms. The summed E-state index contributed by atoms with van der Waals surface area (Å²) in [7, 11) is 0. The molecule has 1 heterocycles. The smallest absolute Gasteiger partial charge is 0.253 e. The van der Waals surface area contributed by atoms with E-state index in [0.29, 0.717) is 12.1 Å². The Kier molecular flexibility index (Phi) is 4.65. The van der Waals surface area contributed by atoms with Gasteiger partial charge < -0.3 is 10.6 Å². The fourth-order valence-electron chi connectivity index (χ4n) is 3.46. The summed E-state index contributed by atoms with van der Waals surface area (Å²) in [4.78, 5) is 16.9. The highest BCUT2D eigenvalue weighted by Gasteiger charge is 2.23. The lowest BCUT2D eigenvalue weighted by molar-refractivity contribution is 0.0939. The van der Waals surface area contributed by atoms with Crippen LogP contribution in [0.5, 0.6) is 0 Å². The predicted molar refractivity (Wildman–Crippen MR) is 103 cm³/mol. The van der Waals surface area contributed by atoms with Crippen LogP contribution in [0.15, 0.2) is 73.1 Å². The normalized spacial score (nSPS) is 13.2. The Labute approximate surface area is 153 Å². The molecular formula is C22H21N3O. The van der Waals surface area contributed by atoms with Crippen molar-refractivity contribution in [3.8, 4) is 0 Å². The highest BCUT2D eigenvalue weighted by atomic mass is 16.1. The number of fused-ring (bicyclic) bond motifs is 1. The lowest BCUT2D eigenvalue weighted by Gasteiger charge is -2.15. The molecule has 1 aromatic heterocycles. The molecule has 1 amide bonds. The molecule has 0 bridgehead atoms. The SMILES string of the molecule is O=C(NC1Cc2ccccc2C1)c1ccccc1NCc1ccncc1. The van der Waals surface area contributed by atoms with Crippen LogP contribution in [0.4, 0.5) is 5.69 Å². The first-order chi connectivity index (χ1) is 12.8. The Bertz CT molecular complexity index is 883. The molecule has 4 rings (SSSR count). The second kappa shape index (κ2) is 7.40. The fraction of sp³-hybridized carbons (Fsp3) is 0.182. The molecule has 0 aliphatic heterocycles. The highest BCUT2D eigenvalue weighted by molar-refractivity contribution is 5.99. The van der Waals surface area contributed by atoms with Gasteiger partial charge in [0.25, 0.3) is 5.91 Å². The summed E-state index contributed by atoms with van der Waals surface area (Å²) >= 11 is 0. The number of benzene rings is 2. The van der Waals surface area contributed by atoms with E-state index >= 15 is 0 Å². The lowest BCUT2D eigenvalue weighted by atomic mass is 10.1. The van der Waals surface area contributed by atoms with Gasteiger partial charge in [-0.3, -0.25) is 9.78 Å². The molecule has 2 N–H and O–H groups in total. The van der Waals surface area contributed by atoms with Crippen LogP contribution in [0.1, 0.15) is 27.0 Å². The number of nitrogens with one attached hydrogen (secondary N) is 2. The Morgan fingerprint density at radius 1 is 0.923 bits per heavy atom. The quantitative estimate of drug-likeness (QED) is 0.744. The van der Waals surface area contributed by atoms with E-state index in [1.165, 1.54) is 11.1 Å². The van der Waals surface area contributed by atoms with Gasteiger partial charge in [-0.1, -0.05) is 36.4 Å². The van der Waals surface area contributed by atoms with Crippen LogP contribution in [-0.4, -0.2) is 16.9 Å². The Morgan fingerprint density at radius 3 is 2.31 bits per heavy atom. The second-order valence-electron chi connectivity index (χ2n) is 6.60. The Balaban J connectivity index is 1.43. The number of amides is 1. The molecule has 4 nitrogen and oxygen atoms in total. The maximum atomic E-state index is 12.8. The zero-order valence-corrected chi connectivity index (χ0v) is 14.5. The first kappa shape index (κ1) is 16.3. The molecule has 0 saturated heterocycles. The minimum Gasteiger partial charge on any atom is -0.380 e. The maximum absolute atomic E-state index is 12.8. The van der Waals surface area contributed by atoms with Crippen molar-refractivity contribution in [1.29, 1.82) is 0 Å². The first-order valence-corrected chi connectivity index (χ1v) is 8.89. The van der Waals surface area contributed by atoms with E-state index in [1.807, 2.05) is 36.4 Å². The third-order valence-corrected chi connectivity index (χ3v) is 4.79. The summed E-state index contributed by atoms with van der Waals surface area (Å²) in [6.45, 7) is 0.654. The number of anilines is 1. The predicted octanol–water partition coefficient (Wildman–Crippen LogP) is 3.59. The number of pyridine rings is 1. The molecule has 0 spiro atoms. The van der Waals surface area contributed by atoms with Gasteiger partial charge in [-0.05, 0) is 53.8 Å². The van der Waals surface area contributed by atoms with E-state index in [0.717, 1.165) is 24.1 Å². The lowest BCUT2D eigenvalue weighted by Crippen LogP contribution is -2.35. The minimum atomic E-state index is -0.0272. The third kappa shape index (κ3) is 3.59. The van der Waals surface area contributed by atoms with Gasteiger partial charge in [-0.25, -0.2) is 0 Å². The van der Waals surface area contributed by atoms with E-state index in [2.05, 4.69) is 39.9 Å². The van der Waals surface area contributed by atoms with Crippen molar-refractivity contribution in [1.82, 2.24) is 10.3 Å². The van der Waals surface area contributed by atoms with Gasteiger partial charge in [0, 0.05) is 30.7 Å². The fourth-order valence-corrected chi connectivity index (χ4v) is 3.46. The molecule has 4 heteroatoms. The monoisotopic (exact) mass is 343 g/mol. The number of nitrogens with zero attached hydrogens (tertiary/aromatic N) is 1. The van der Waals surface area contributed by atoms with Crippen molar-refractivity contribution in [2.75, 3.05) is 5.32 Å². The average Bonchev–Trinajstić information content (AvgIpc) is 3.09. The Morgan fingerprint density at radius 2 is 1.58 bits per heavy atom. The number of carbonyl (C=O) groups excluding carboxylic acids is 1. The van der Waals surface area contributed by atoms with Crippen molar-refractivity contribution < 1.29 is 4.79 Å². The van der Waals surface area contributed by atoms with Gasteiger partial charge in [-0.2, -0.15) is 0 Å². The summed E-state index contributed by atoms with van der Waals surface area (Å²) in [6.07, 6.45) is 5.34. The van der Waals surface area contributed by atoms with E-state index in [9.17, 15) is 4.79 Å². The van der Waals surface area contributed by atoms with E-state index in [4.69, 9.17) is 0 Å². The average molecular weight is 343 g/mol. The molecular weight excluding hydrogens is 322 g/mol. The largest absolute Gasteiger partial charge is 0.380 e. The molecule has 0 radical (unpaired) electrons. The van der Waals surface area contributed by atoms with Crippen molar-refractivity contribution in [2.45, 2.75) is 25.4 Å². The van der Waals surface area contributed by atoms with Crippen LogP contribution in [-0.2, 0) is 19.4 Å². The van der Waals surface area contributed by atoms with Gasteiger partial charge in [0.1, 0.15) is 0 Å². The Hall–Kier alpha value is -3.14. The summed E-state index contributed by atoms with van der Waals surface area (Å²) in [5, 5.41) is 6.56. The maximum Gasteiger partial charge on any atom is 0.253 e. The van der Waals surface area contributed by atoms with Crippen molar-refractivity contribution in [3.63, 3.8) is 0 Å². The minimum absolute atomic E-state index is 0.0272. The number of hydrogen-bond donors (Lipinski definition) is 2. The topological polar surface area (TPSA) is 54.0 Å². The molecule has 0 saturated carbocycles. The zero-order chi connectivity index (χ0) is 17.8. The van der Waals surface area contributed by atoms with Crippen molar-refractivity contribution in [3.05, 3.63) is 95.3 Å². The summed E-state index contributed by atoms with van der Waals surface area (Å²) in [5.41, 5.74) is 5.32. The van der Waals surface area contributed by atoms with E-state index < -0.39 is 0 Å². The molecule has 0 atom stereocenters. The van der Waals surface area contributed by atoms with Gasteiger partial charge in [0.15, 0.2) is 0 Å². The van der Waals surface area contributed by atoms with Crippen LogP contribution >= 0.6 is 0 Å². The standard InChI is InChI=1S/C22H21N3O/c26-22(25-19-13-17-5-1-2-6-18(17)14-19)20-7-3-4-8-21(20)24-15-16-9-11-23-12-10-16/h1-12,19,24H,13-15H2,(H,25,26). The molecule has 1 aliphatic rings. The third-order valence-electron chi connectivity index (χ3n) is 4.79. The van der Waals surface area contributed by atoms with Gasteiger partial charge in [0.2, 0.25) is 0 Å². The van der Waals surface area contributed by atoms with Gasteiger partial charge in [0.05, 0.1) is 5.56 Å². The summed E-state index contributed by atoms with van der Waals surface area (Å²) in [5.74, 6) is -0.0272.